The molecule has 0 heterocycles. The summed E-state index contributed by atoms with van der Waals surface area (Å²) in [6, 6.07) is 1.40. The molecule has 1 aromatic rings. The molecular formula is C10H13N3O3. The van der Waals surface area contributed by atoms with E-state index in [0.29, 0.717) is 22.5 Å². The van der Waals surface area contributed by atoms with Crippen molar-refractivity contribution in [3.05, 3.63) is 27.3 Å². The Bertz CT molecular complexity index is 469. The molecule has 0 saturated heterocycles. The van der Waals surface area contributed by atoms with Crippen LogP contribution in [0.3, 0.4) is 0 Å². The number of hydrogen-bond donors (Lipinski definition) is 2. The van der Waals surface area contributed by atoms with Gasteiger partial charge in [0.05, 0.1) is 21.9 Å². The van der Waals surface area contributed by atoms with Gasteiger partial charge in [0.2, 0.25) is 5.91 Å². The molecule has 16 heavy (non-hydrogen) atoms. The molecule has 0 spiro atoms. The van der Waals surface area contributed by atoms with Crippen LogP contribution in [0.5, 0.6) is 0 Å². The summed E-state index contributed by atoms with van der Waals surface area (Å²) in [6.07, 6.45) is 0. The van der Waals surface area contributed by atoms with E-state index < -0.39 is 4.92 Å². The molecule has 6 heteroatoms. The van der Waals surface area contributed by atoms with Crippen molar-refractivity contribution in [1.29, 1.82) is 0 Å². The monoisotopic (exact) mass is 223 g/mol. The molecule has 0 aliphatic rings. The quantitative estimate of drug-likeness (QED) is 0.453. The second kappa shape index (κ2) is 4.18. The Balaban J connectivity index is 3.45. The average Bonchev–Trinajstić information content (AvgIpc) is 2.17. The summed E-state index contributed by atoms with van der Waals surface area (Å²) in [4.78, 5) is 21.3. The zero-order chi connectivity index (χ0) is 12.5. The molecule has 1 aromatic carbocycles. The number of hydrogen-bond acceptors (Lipinski definition) is 4. The number of anilines is 2. The zero-order valence-corrected chi connectivity index (χ0v) is 9.33. The molecule has 1 rings (SSSR count). The Hall–Kier alpha value is -2.11. The van der Waals surface area contributed by atoms with Crippen LogP contribution < -0.4 is 11.1 Å². The lowest BCUT2D eigenvalue weighted by Crippen LogP contribution is -2.11. The minimum Gasteiger partial charge on any atom is -0.397 e. The summed E-state index contributed by atoms with van der Waals surface area (Å²) < 4.78 is 0. The Morgan fingerprint density at radius 1 is 1.50 bits per heavy atom. The Kier molecular flexibility index (Phi) is 3.12. The molecule has 0 aliphatic carbocycles. The predicted octanol–water partition coefficient (Wildman–Crippen LogP) is 1.75. The Morgan fingerprint density at radius 2 is 2.06 bits per heavy atom. The third kappa shape index (κ3) is 2.10. The van der Waals surface area contributed by atoms with Gasteiger partial charge in [-0.1, -0.05) is 0 Å². The van der Waals surface area contributed by atoms with E-state index in [2.05, 4.69) is 5.32 Å². The number of nitrogens with one attached hydrogen (secondary N) is 1. The molecule has 0 saturated carbocycles. The van der Waals surface area contributed by atoms with Gasteiger partial charge in [0.15, 0.2) is 0 Å². The lowest BCUT2D eigenvalue weighted by Gasteiger charge is -2.12. The fourth-order valence-corrected chi connectivity index (χ4v) is 1.45. The molecule has 0 atom stereocenters. The topological polar surface area (TPSA) is 98.3 Å². The van der Waals surface area contributed by atoms with E-state index in [1.54, 1.807) is 13.8 Å². The van der Waals surface area contributed by atoms with Gasteiger partial charge in [-0.15, -0.1) is 0 Å². The number of nitrogen functional groups attached to an aromatic ring is 1. The van der Waals surface area contributed by atoms with E-state index in [1.807, 2.05) is 0 Å². The highest BCUT2D eigenvalue weighted by Crippen LogP contribution is 2.33. The van der Waals surface area contributed by atoms with Gasteiger partial charge in [-0.05, 0) is 19.4 Å². The largest absolute Gasteiger partial charge is 0.397 e. The lowest BCUT2D eigenvalue weighted by molar-refractivity contribution is -0.385. The van der Waals surface area contributed by atoms with Gasteiger partial charge >= 0.3 is 0 Å². The van der Waals surface area contributed by atoms with Crippen LogP contribution in [0.4, 0.5) is 17.1 Å². The van der Waals surface area contributed by atoms with Gasteiger partial charge in [-0.3, -0.25) is 14.9 Å². The SMILES string of the molecule is CC(=O)Nc1c(C)c([N+](=O)[O-])cc(C)c1N. The van der Waals surface area contributed by atoms with Crippen LogP contribution in [0.25, 0.3) is 0 Å². The maximum Gasteiger partial charge on any atom is 0.274 e. The summed E-state index contributed by atoms with van der Waals surface area (Å²) in [5.41, 5.74) is 7.33. The maximum atomic E-state index is 11.0. The van der Waals surface area contributed by atoms with Crippen LogP contribution >= 0.6 is 0 Å². The molecule has 0 unspecified atom stereocenters. The van der Waals surface area contributed by atoms with Crippen molar-refractivity contribution in [2.24, 2.45) is 0 Å². The summed E-state index contributed by atoms with van der Waals surface area (Å²) >= 11 is 0. The van der Waals surface area contributed by atoms with Crippen molar-refractivity contribution in [3.8, 4) is 0 Å². The molecular weight excluding hydrogens is 210 g/mol. The molecule has 0 bridgehead atoms. The Morgan fingerprint density at radius 3 is 2.50 bits per heavy atom. The minimum absolute atomic E-state index is 0.0459. The number of carbonyl (C=O) groups is 1. The number of aryl methyl sites for hydroxylation is 1. The molecule has 3 N–H and O–H groups in total. The number of rotatable bonds is 2. The van der Waals surface area contributed by atoms with Crippen LogP contribution in [0.1, 0.15) is 18.1 Å². The Labute approximate surface area is 92.6 Å². The van der Waals surface area contributed by atoms with Crippen molar-refractivity contribution in [2.45, 2.75) is 20.8 Å². The van der Waals surface area contributed by atoms with Gasteiger partial charge in [-0.2, -0.15) is 0 Å². The fraction of sp³-hybridized carbons (Fsp3) is 0.300. The van der Waals surface area contributed by atoms with E-state index in [-0.39, 0.29) is 11.6 Å². The molecule has 86 valence electrons. The first-order chi connectivity index (χ1) is 7.34. The zero-order valence-electron chi connectivity index (χ0n) is 9.33. The molecule has 6 nitrogen and oxygen atoms in total. The number of benzene rings is 1. The van der Waals surface area contributed by atoms with Gasteiger partial charge < -0.3 is 11.1 Å². The first-order valence-electron chi connectivity index (χ1n) is 4.66. The van der Waals surface area contributed by atoms with Crippen molar-refractivity contribution in [3.63, 3.8) is 0 Å². The smallest absolute Gasteiger partial charge is 0.274 e. The molecule has 1 amide bonds. The van der Waals surface area contributed by atoms with E-state index in [4.69, 9.17) is 5.73 Å². The number of amides is 1. The van der Waals surface area contributed by atoms with Crippen LogP contribution in [-0.4, -0.2) is 10.8 Å². The van der Waals surface area contributed by atoms with Gasteiger partial charge in [0.25, 0.3) is 5.69 Å². The number of nitrogens with zero attached hydrogens (tertiary/aromatic N) is 1. The highest BCUT2D eigenvalue weighted by molar-refractivity contribution is 5.95. The normalized spacial score (nSPS) is 9.94. The van der Waals surface area contributed by atoms with Gasteiger partial charge in [0, 0.05) is 13.0 Å². The van der Waals surface area contributed by atoms with Crippen molar-refractivity contribution in [1.82, 2.24) is 0 Å². The van der Waals surface area contributed by atoms with Crippen molar-refractivity contribution in [2.75, 3.05) is 11.1 Å². The second-order valence-electron chi connectivity index (χ2n) is 3.56. The average molecular weight is 223 g/mol. The van der Waals surface area contributed by atoms with Crippen LogP contribution in [0, 0.1) is 24.0 Å². The lowest BCUT2D eigenvalue weighted by atomic mass is 10.1. The molecule has 0 aromatic heterocycles. The minimum atomic E-state index is -0.493. The summed E-state index contributed by atoms with van der Waals surface area (Å²) in [5, 5.41) is 13.3. The van der Waals surface area contributed by atoms with Crippen LogP contribution in [-0.2, 0) is 4.79 Å². The number of nitro groups is 1. The standard InChI is InChI=1S/C10H13N3O3/c1-5-4-8(13(15)16)6(2)10(9(5)11)12-7(3)14/h4H,11H2,1-3H3,(H,12,14). The van der Waals surface area contributed by atoms with Crippen LogP contribution in [0.2, 0.25) is 0 Å². The molecule has 0 fully saturated rings. The summed E-state index contributed by atoms with van der Waals surface area (Å²) in [6.45, 7) is 4.54. The van der Waals surface area contributed by atoms with E-state index >= 15 is 0 Å². The second-order valence-corrected chi connectivity index (χ2v) is 3.56. The molecule has 0 radical (unpaired) electrons. The fourth-order valence-electron chi connectivity index (χ4n) is 1.45. The number of nitrogens with two attached hydrogens (primary N) is 1. The third-order valence-electron chi connectivity index (χ3n) is 2.30. The van der Waals surface area contributed by atoms with Gasteiger partial charge in [-0.25, -0.2) is 0 Å². The summed E-state index contributed by atoms with van der Waals surface area (Å²) in [7, 11) is 0. The maximum absolute atomic E-state index is 11.0. The van der Waals surface area contributed by atoms with Gasteiger partial charge in [0.1, 0.15) is 0 Å². The van der Waals surface area contributed by atoms with Crippen molar-refractivity contribution < 1.29 is 9.72 Å². The highest BCUT2D eigenvalue weighted by Gasteiger charge is 2.19. The van der Waals surface area contributed by atoms with E-state index in [9.17, 15) is 14.9 Å². The summed E-state index contributed by atoms with van der Waals surface area (Å²) in [5.74, 6) is -0.310. The third-order valence-corrected chi connectivity index (χ3v) is 2.30. The molecule has 0 aliphatic heterocycles. The number of carbonyl (C=O) groups excluding carboxylic acids is 1. The highest BCUT2D eigenvalue weighted by atomic mass is 16.6. The first-order valence-corrected chi connectivity index (χ1v) is 4.66. The number of nitro benzene ring substituents is 1. The van der Waals surface area contributed by atoms with E-state index in [1.165, 1.54) is 13.0 Å². The van der Waals surface area contributed by atoms with Crippen LogP contribution in [0.15, 0.2) is 6.07 Å². The predicted molar refractivity (Wildman–Crippen MR) is 61.3 cm³/mol. The first kappa shape index (κ1) is 12.0. The van der Waals surface area contributed by atoms with E-state index in [0.717, 1.165) is 0 Å². The van der Waals surface area contributed by atoms with Crippen molar-refractivity contribution >= 4 is 23.0 Å².